The molecule has 4 nitrogen and oxygen atoms in total. The highest BCUT2D eigenvalue weighted by Gasteiger charge is 2.18. The predicted molar refractivity (Wildman–Crippen MR) is 98.2 cm³/mol. The Balaban J connectivity index is 2.11. The van der Waals surface area contributed by atoms with Crippen LogP contribution in [0.4, 0.5) is 0 Å². The smallest absolute Gasteiger partial charge is 0.337 e. The number of ether oxygens (including phenoxy) is 1. The maximum absolute atomic E-state index is 12.1. The van der Waals surface area contributed by atoms with E-state index in [1.807, 2.05) is 60.7 Å². The first kappa shape index (κ1) is 15.1. The van der Waals surface area contributed by atoms with Crippen LogP contribution in [0.3, 0.4) is 0 Å². The Hall–Kier alpha value is -3.40. The number of aromatic carboxylic acids is 1. The Kier molecular flexibility index (Phi) is 3.58. The minimum Gasteiger partial charge on any atom is -0.497 e. The van der Waals surface area contributed by atoms with Gasteiger partial charge in [-0.15, -0.1) is 0 Å². The van der Waals surface area contributed by atoms with Crippen molar-refractivity contribution in [1.29, 1.82) is 0 Å². The molecule has 0 radical (unpaired) electrons. The Labute approximate surface area is 144 Å². The Morgan fingerprint density at radius 2 is 1.64 bits per heavy atom. The van der Waals surface area contributed by atoms with Crippen LogP contribution in [0.25, 0.3) is 32.9 Å². The fourth-order valence-electron chi connectivity index (χ4n) is 3.18. The molecule has 0 aliphatic rings. The van der Waals surface area contributed by atoms with Crippen molar-refractivity contribution >= 4 is 27.8 Å². The van der Waals surface area contributed by atoms with Crippen LogP contribution < -0.4 is 4.74 Å². The molecule has 25 heavy (non-hydrogen) atoms. The summed E-state index contributed by atoms with van der Waals surface area (Å²) >= 11 is 0. The van der Waals surface area contributed by atoms with Crippen molar-refractivity contribution in [3.63, 3.8) is 0 Å². The monoisotopic (exact) mass is 329 g/mol. The molecule has 0 fully saturated rings. The zero-order valence-electron chi connectivity index (χ0n) is 13.6. The predicted octanol–water partition coefficient (Wildman–Crippen LogP) is 4.76. The van der Waals surface area contributed by atoms with E-state index in [-0.39, 0.29) is 5.56 Å². The molecule has 1 aromatic heterocycles. The molecular weight excluding hydrogens is 314 g/mol. The lowest BCUT2D eigenvalue weighted by Gasteiger charge is -2.12. The van der Waals surface area contributed by atoms with Crippen LogP contribution in [0.1, 0.15) is 10.4 Å². The van der Waals surface area contributed by atoms with Crippen LogP contribution in [0, 0.1) is 0 Å². The summed E-state index contributed by atoms with van der Waals surface area (Å²) < 4.78 is 5.21. The summed E-state index contributed by atoms with van der Waals surface area (Å²) in [4.78, 5) is 16.7. The quantitative estimate of drug-likeness (QED) is 0.550. The van der Waals surface area contributed by atoms with Gasteiger partial charge >= 0.3 is 5.97 Å². The van der Waals surface area contributed by atoms with E-state index in [9.17, 15) is 9.90 Å². The number of benzene rings is 3. The van der Waals surface area contributed by atoms with Gasteiger partial charge in [0.15, 0.2) is 0 Å². The number of rotatable bonds is 3. The highest BCUT2D eigenvalue weighted by molar-refractivity contribution is 6.17. The molecule has 0 bridgehead atoms. The molecule has 0 amide bonds. The molecule has 122 valence electrons. The molecule has 0 aliphatic heterocycles. The second kappa shape index (κ2) is 5.91. The first-order chi connectivity index (χ1) is 12.2. The summed E-state index contributed by atoms with van der Waals surface area (Å²) in [5.41, 5.74) is 3.40. The summed E-state index contributed by atoms with van der Waals surface area (Å²) in [6.07, 6.45) is 0. The second-order valence-corrected chi connectivity index (χ2v) is 5.74. The molecule has 0 atom stereocenters. The second-order valence-electron chi connectivity index (χ2n) is 5.74. The molecule has 0 spiro atoms. The van der Waals surface area contributed by atoms with Crippen molar-refractivity contribution in [1.82, 2.24) is 4.98 Å². The number of aromatic nitrogens is 1. The zero-order valence-corrected chi connectivity index (χ0v) is 13.6. The number of carbonyl (C=O) groups is 1. The molecule has 0 saturated carbocycles. The fourth-order valence-corrected chi connectivity index (χ4v) is 3.18. The van der Waals surface area contributed by atoms with Crippen molar-refractivity contribution < 1.29 is 14.6 Å². The summed E-state index contributed by atoms with van der Waals surface area (Å²) in [6.45, 7) is 0. The van der Waals surface area contributed by atoms with E-state index in [1.54, 1.807) is 13.2 Å². The van der Waals surface area contributed by atoms with Crippen LogP contribution in [0.2, 0.25) is 0 Å². The maximum atomic E-state index is 12.1. The summed E-state index contributed by atoms with van der Waals surface area (Å²) in [6, 6.07) is 20.6. The molecular formula is C21H15NO3. The summed E-state index contributed by atoms with van der Waals surface area (Å²) in [5, 5.41) is 11.2. The summed E-state index contributed by atoms with van der Waals surface area (Å²) in [5.74, 6) is -0.199. The van der Waals surface area contributed by atoms with Gasteiger partial charge in [-0.05, 0) is 35.4 Å². The third kappa shape index (κ3) is 2.48. The van der Waals surface area contributed by atoms with Crippen LogP contribution in [0.15, 0.2) is 66.7 Å². The number of hydrogen-bond acceptors (Lipinski definition) is 3. The standard InChI is InChI=1S/C21H15NO3/c1-25-14-11-9-13(10-12-14)15-6-4-8-18-19(15)20(21(23)24)16-5-2-3-7-17(16)22-18/h2-12H,1H3,(H,23,24). The molecule has 1 heterocycles. The first-order valence-corrected chi connectivity index (χ1v) is 7.88. The highest BCUT2D eigenvalue weighted by Crippen LogP contribution is 2.34. The molecule has 1 N–H and O–H groups in total. The van der Waals surface area contributed by atoms with Gasteiger partial charge in [0.1, 0.15) is 5.75 Å². The van der Waals surface area contributed by atoms with Crippen LogP contribution in [-0.4, -0.2) is 23.2 Å². The van der Waals surface area contributed by atoms with E-state index in [0.717, 1.165) is 16.9 Å². The Morgan fingerprint density at radius 1 is 0.920 bits per heavy atom. The van der Waals surface area contributed by atoms with E-state index >= 15 is 0 Å². The van der Waals surface area contributed by atoms with Gasteiger partial charge in [-0.3, -0.25) is 0 Å². The lowest BCUT2D eigenvalue weighted by atomic mass is 9.94. The molecule has 4 heteroatoms. The fraction of sp³-hybridized carbons (Fsp3) is 0.0476. The van der Waals surface area contributed by atoms with E-state index in [2.05, 4.69) is 4.98 Å². The molecule has 3 aromatic carbocycles. The van der Waals surface area contributed by atoms with Crippen LogP contribution >= 0.6 is 0 Å². The average molecular weight is 329 g/mol. The van der Waals surface area contributed by atoms with Crippen LogP contribution in [-0.2, 0) is 0 Å². The number of hydrogen-bond donors (Lipinski definition) is 1. The highest BCUT2D eigenvalue weighted by atomic mass is 16.5. The van der Waals surface area contributed by atoms with Crippen LogP contribution in [0.5, 0.6) is 5.75 Å². The molecule has 4 aromatic rings. The van der Waals surface area contributed by atoms with Gasteiger partial charge in [0.2, 0.25) is 0 Å². The lowest BCUT2D eigenvalue weighted by molar-refractivity contribution is 0.0701. The van der Waals surface area contributed by atoms with Crippen molar-refractivity contribution in [2.24, 2.45) is 0 Å². The molecule has 0 saturated heterocycles. The lowest BCUT2D eigenvalue weighted by Crippen LogP contribution is -2.02. The van der Waals surface area contributed by atoms with Crippen molar-refractivity contribution in [3.8, 4) is 16.9 Å². The van der Waals surface area contributed by atoms with Crippen molar-refractivity contribution in [3.05, 3.63) is 72.3 Å². The normalized spacial score (nSPS) is 10.9. The zero-order chi connectivity index (χ0) is 17.4. The third-order valence-electron chi connectivity index (χ3n) is 4.32. The van der Waals surface area contributed by atoms with Gasteiger partial charge in [0.25, 0.3) is 0 Å². The number of pyridine rings is 1. The number of fused-ring (bicyclic) bond motifs is 2. The van der Waals surface area contributed by atoms with E-state index in [4.69, 9.17) is 4.74 Å². The maximum Gasteiger partial charge on any atom is 0.337 e. The van der Waals surface area contributed by atoms with E-state index < -0.39 is 5.97 Å². The average Bonchev–Trinajstić information content (AvgIpc) is 2.65. The van der Waals surface area contributed by atoms with Crippen molar-refractivity contribution in [2.45, 2.75) is 0 Å². The first-order valence-electron chi connectivity index (χ1n) is 7.88. The van der Waals surface area contributed by atoms with Gasteiger partial charge in [-0.1, -0.05) is 42.5 Å². The number of carboxylic acids is 1. The minimum atomic E-state index is -0.954. The van der Waals surface area contributed by atoms with Gasteiger partial charge in [0.05, 0.1) is 23.7 Å². The summed E-state index contributed by atoms with van der Waals surface area (Å²) in [7, 11) is 1.62. The number of methoxy groups -OCH3 is 1. The van der Waals surface area contributed by atoms with Gasteiger partial charge < -0.3 is 9.84 Å². The molecule has 4 rings (SSSR count). The Bertz CT molecular complexity index is 1100. The van der Waals surface area contributed by atoms with Crippen molar-refractivity contribution in [2.75, 3.05) is 7.11 Å². The number of carboxylic acid groups (broad SMARTS) is 1. The topological polar surface area (TPSA) is 59.4 Å². The van der Waals surface area contributed by atoms with Gasteiger partial charge in [0, 0.05) is 10.8 Å². The van der Waals surface area contributed by atoms with Gasteiger partial charge in [-0.2, -0.15) is 0 Å². The SMILES string of the molecule is COc1ccc(-c2cccc3nc4ccccc4c(C(=O)O)c23)cc1. The van der Waals surface area contributed by atoms with Gasteiger partial charge in [-0.25, -0.2) is 9.78 Å². The number of nitrogens with zero attached hydrogens (tertiary/aromatic N) is 1. The number of para-hydroxylation sites is 1. The largest absolute Gasteiger partial charge is 0.497 e. The van der Waals surface area contributed by atoms with E-state index in [0.29, 0.717) is 21.8 Å². The third-order valence-corrected chi connectivity index (χ3v) is 4.32. The van der Waals surface area contributed by atoms with E-state index in [1.165, 1.54) is 0 Å². The molecule has 0 unspecified atom stereocenters. The minimum absolute atomic E-state index is 0.284. The molecule has 0 aliphatic carbocycles. The Morgan fingerprint density at radius 3 is 2.36 bits per heavy atom.